The molecule has 1 aromatic heterocycles. The lowest BCUT2D eigenvalue weighted by Gasteiger charge is -2.03. The van der Waals surface area contributed by atoms with Crippen LogP contribution in [0.1, 0.15) is 22.8 Å². The summed E-state index contributed by atoms with van der Waals surface area (Å²) in [4.78, 5) is 38.3. The summed E-state index contributed by atoms with van der Waals surface area (Å²) < 4.78 is 0. The fourth-order valence-electron chi connectivity index (χ4n) is 1.65. The largest absolute Gasteiger partial charge is 0.494 e. The van der Waals surface area contributed by atoms with E-state index in [4.69, 9.17) is 0 Å². The Hall–Kier alpha value is -3.16. The van der Waals surface area contributed by atoms with Crippen molar-refractivity contribution in [2.45, 2.75) is 6.92 Å². The van der Waals surface area contributed by atoms with Gasteiger partial charge < -0.3 is 5.11 Å². The van der Waals surface area contributed by atoms with Gasteiger partial charge in [0.2, 0.25) is 5.88 Å². The van der Waals surface area contributed by atoms with E-state index in [0.29, 0.717) is 5.56 Å². The number of rotatable bonds is 3. The number of amides is 1. The van der Waals surface area contributed by atoms with Crippen molar-refractivity contribution in [1.82, 2.24) is 15.4 Å². The van der Waals surface area contributed by atoms with Crippen LogP contribution >= 0.6 is 0 Å². The number of benzene rings is 1. The minimum atomic E-state index is -0.831. The Labute approximate surface area is 118 Å². The van der Waals surface area contributed by atoms with Crippen LogP contribution in [-0.2, 0) is 0 Å². The van der Waals surface area contributed by atoms with E-state index in [-0.39, 0.29) is 11.3 Å². The van der Waals surface area contributed by atoms with Crippen LogP contribution in [0.5, 0.6) is 5.88 Å². The van der Waals surface area contributed by atoms with Gasteiger partial charge in [-0.2, -0.15) is 5.10 Å². The molecule has 0 unspecified atom stereocenters. The van der Waals surface area contributed by atoms with E-state index in [1.807, 2.05) is 9.97 Å². The maximum absolute atomic E-state index is 11.8. The number of nitrogens with one attached hydrogen (secondary N) is 3. The molecule has 0 aliphatic heterocycles. The van der Waals surface area contributed by atoms with E-state index in [2.05, 4.69) is 10.5 Å². The van der Waals surface area contributed by atoms with Crippen LogP contribution < -0.4 is 16.7 Å². The predicted octanol–water partition coefficient (Wildman–Crippen LogP) is -0.0772. The summed E-state index contributed by atoms with van der Waals surface area (Å²) in [5.41, 5.74) is 0.856. The van der Waals surface area contributed by atoms with Crippen LogP contribution in [0, 0.1) is 0 Å². The molecule has 0 saturated carbocycles. The van der Waals surface area contributed by atoms with Crippen LogP contribution in [0.25, 0.3) is 0 Å². The number of aromatic nitrogens is 2. The Morgan fingerprint density at radius 3 is 2.48 bits per heavy atom. The second-order valence-electron chi connectivity index (χ2n) is 4.14. The highest BCUT2D eigenvalue weighted by molar-refractivity contribution is 6.01. The first-order valence-corrected chi connectivity index (χ1v) is 5.94. The predicted molar refractivity (Wildman–Crippen MR) is 75.5 cm³/mol. The third-order valence-corrected chi connectivity index (χ3v) is 2.65. The second-order valence-corrected chi connectivity index (χ2v) is 4.14. The molecule has 2 rings (SSSR count). The molecule has 1 amide bonds. The maximum atomic E-state index is 11.8. The molecule has 8 heteroatoms. The summed E-state index contributed by atoms with van der Waals surface area (Å²) in [5.74, 6) is -1.07. The molecular formula is C13H12N4O4. The summed E-state index contributed by atoms with van der Waals surface area (Å²) in [6.07, 6.45) is 0. The van der Waals surface area contributed by atoms with E-state index in [0.717, 1.165) is 0 Å². The number of H-pyrrole nitrogens is 2. The molecule has 0 bridgehead atoms. The molecule has 2 aromatic rings. The van der Waals surface area contributed by atoms with Gasteiger partial charge in [-0.3, -0.25) is 19.6 Å². The SMILES string of the molecule is C/C(=N/NC(=O)c1ccccc1)c1c(O)[nH]c(=O)[nH]c1=O. The van der Waals surface area contributed by atoms with Crippen molar-refractivity contribution in [2.75, 3.05) is 0 Å². The minimum Gasteiger partial charge on any atom is -0.494 e. The molecule has 0 aliphatic rings. The van der Waals surface area contributed by atoms with Gasteiger partial charge in [0.25, 0.3) is 11.5 Å². The second kappa shape index (κ2) is 5.87. The van der Waals surface area contributed by atoms with Gasteiger partial charge >= 0.3 is 5.69 Å². The van der Waals surface area contributed by atoms with Gasteiger partial charge in [0.05, 0.1) is 5.71 Å². The quantitative estimate of drug-likeness (QED) is 0.465. The number of hydrogen-bond donors (Lipinski definition) is 4. The normalized spacial score (nSPS) is 11.2. The highest BCUT2D eigenvalue weighted by atomic mass is 16.3. The first kappa shape index (κ1) is 14.3. The molecule has 0 spiro atoms. The monoisotopic (exact) mass is 288 g/mol. The van der Waals surface area contributed by atoms with E-state index >= 15 is 0 Å². The lowest BCUT2D eigenvalue weighted by molar-refractivity contribution is 0.0955. The van der Waals surface area contributed by atoms with Crippen LogP contribution in [-0.4, -0.2) is 26.7 Å². The highest BCUT2D eigenvalue weighted by Gasteiger charge is 2.12. The number of hydrazone groups is 1. The first-order valence-electron chi connectivity index (χ1n) is 5.94. The third-order valence-electron chi connectivity index (χ3n) is 2.65. The Kier molecular flexibility index (Phi) is 3.98. The molecule has 1 aromatic carbocycles. The standard InChI is InChI=1S/C13H12N4O4/c1-7(9-11(19)14-13(21)15-12(9)20)16-17-10(18)8-5-3-2-4-6-8/h2-6H,1H3,(H,17,18)(H3,14,15,19,20,21)/b16-7-. The zero-order valence-corrected chi connectivity index (χ0v) is 11.0. The fourth-order valence-corrected chi connectivity index (χ4v) is 1.65. The van der Waals surface area contributed by atoms with Crippen molar-refractivity contribution in [1.29, 1.82) is 0 Å². The summed E-state index contributed by atoms with van der Waals surface area (Å²) >= 11 is 0. The fraction of sp³-hybridized carbons (Fsp3) is 0.0769. The van der Waals surface area contributed by atoms with Gasteiger partial charge in [-0.15, -0.1) is 0 Å². The molecule has 0 atom stereocenters. The molecule has 8 nitrogen and oxygen atoms in total. The van der Waals surface area contributed by atoms with Gasteiger partial charge in [-0.1, -0.05) is 18.2 Å². The summed E-state index contributed by atoms with van der Waals surface area (Å²) in [5, 5.41) is 13.3. The molecule has 0 saturated heterocycles. The zero-order chi connectivity index (χ0) is 15.4. The van der Waals surface area contributed by atoms with Crippen molar-refractivity contribution < 1.29 is 9.90 Å². The van der Waals surface area contributed by atoms with Gasteiger partial charge in [0, 0.05) is 5.56 Å². The lowest BCUT2D eigenvalue weighted by atomic mass is 10.2. The van der Waals surface area contributed by atoms with Crippen molar-refractivity contribution >= 4 is 11.6 Å². The number of aromatic amines is 2. The molecule has 0 fully saturated rings. The average molecular weight is 288 g/mol. The third kappa shape index (κ3) is 3.24. The number of nitrogens with zero attached hydrogens (tertiary/aromatic N) is 1. The van der Waals surface area contributed by atoms with E-state index in [9.17, 15) is 19.5 Å². The number of hydrogen-bond acceptors (Lipinski definition) is 5. The van der Waals surface area contributed by atoms with Gasteiger partial charge in [-0.25, -0.2) is 10.2 Å². The molecular weight excluding hydrogens is 276 g/mol. The van der Waals surface area contributed by atoms with Crippen LogP contribution in [0.4, 0.5) is 0 Å². The molecule has 0 radical (unpaired) electrons. The average Bonchev–Trinajstić information content (AvgIpc) is 2.44. The zero-order valence-electron chi connectivity index (χ0n) is 11.0. The van der Waals surface area contributed by atoms with Gasteiger partial charge in [-0.05, 0) is 19.1 Å². The van der Waals surface area contributed by atoms with Crippen LogP contribution in [0.2, 0.25) is 0 Å². The molecule has 4 N–H and O–H groups in total. The number of carbonyl (C=O) groups excluding carboxylic acids is 1. The van der Waals surface area contributed by atoms with Gasteiger partial charge in [0.15, 0.2) is 0 Å². The summed E-state index contributed by atoms with van der Waals surface area (Å²) in [6.45, 7) is 1.41. The minimum absolute atomic E-state index is 0.0503. The van der Waals surface area contributed by atoms with Crippen LogP contribution in [0.15, 0.2) is 45.0 Å². The van der Waals surface area contributed by atoms with Crippen molar-refractivity contribution in [3.05, 3.63) is 62.3 Å². The Morgan fingerprint density at radius 1 is 1.19 bits per heavy atom. The molecule has 1 heterocycles. The molecule has 0 aliphatic carbocycles. The summed E-state index contributed by atoms with van der Waals surface area (Å²) in [6, 6.07) is 8.37. The maximum Gasteiger partial charge on any atom is 0.328 e. The van der Waals surface area contributed by atoms with E-state index in [1.54, 1.807) is 30.3 Å². The molecule has 21 heavy (non-hydrogen) atoms. The van der Waals surface area contributed by atoms with E-state index in [1.165, 1.54) is 6.92 Å². The van der Waals surface area contributed by atoms with Crippen molar-refractivity contribution in [3.63, 3.8) is 0 Å². The van der Waals surface area contributed by atoms with Gasteiger partial charge in [0.1, 0.15) is 5.56 Å². The Morgan fingerprint density at radius 2 is 1.86 bits per heavy atom. The number of carbonyl (C=O) groups is 1. The van der Waals surface area contributed by atoms with Crippen molar-refractivity contribution in [3.8, 4) is 5.88 Å². The lowest BCUT2D eigenvalue weighted by Crippen LogP contribution is -2.28. The molecule has 108 valence electrons. The highest BCUT2D eigenvalue weighted by Crippen LogP contribution is 2.06. The summed E-state index contributed by atoms with van der Waals surface area (Å²) in [7, 11) is 0. The van der Waals surface area contributed by atoms with Crippen LogP contribution in [0.3, 0.4) is 0 Å². The van der Waals surface area contributed by atoms with E-state index < -0.39 is 23.0 Å². The Bertz CT molecular complexity index is 805. The smallest absolute Gasteiger partial charge is 0.328 e. The Balaban J connectivity index is 2.25. The van der Waals surface area contributed by atoms with Crippen molar-refractivity contribution in [2.24, 2.45) is 5.10 Å². The number of aromatic hydroxyl groups is 1. The topological polar surface area (TPSA) is 127 Å². The first-order chi connectivity index (χ1) is 9.99.